The quantitative estimate of drug-likeness (QED) is 0.633. The van der Waals surface area contributed by atoms with Gasteiger partial charge in [0, 0.05) is 11.1 Å². The number of para-hydroxylation sites is 1. The lowest BCUT2D eigenvalue weighted by atomic mass is 10.2. The number of halogens is 1. The van der Waals surface area contributed by atoms with E-state index < -0.39 is 5.69 Å². The molecule has 0 atom stereocenters. The van der Waals surface area contributed by atoms with E-state index >= 15 is 0 Å². The van der Waals surface area contributed by atoms with Crippen molar-refractivity contribution in [3.8, 4) is 0 Å². The lowest BCUT2D eigenvalue weighted by Crippen LogP contribution is -2.12. The molecule has 3 rings (SSSR count). The van der Waals surface area contributed by atoms with Crippen LogP contribution in [0.15, 0.2) is 47.3 Å². The van der Waals surface area contributed by atoms with Crippen molar-refractivity contribution in [2.24, 2.45) is 0 Å². The molecule has 0 amide bonds. The van der Waals surface area contributed by atoms with Gasteiger partial charge >= 0.3 is 5.69 Å². The normalized spacial score (nSPS) is 10.7. The van der Waals surface area contributed by atoms with E-state index in [1.807, 2.05) is 24.3 Å². The fourth-order valence-electron chi connectivity index (χ4n) is 1.94. The number of rotatable bonds is 2. The van der Waals surface area contributed by atoms with Crippen molar-refractivity contribution in [2.45, 2.75) is 0 Å². The van der Waals surface area contributed by atoms with Gasteiger partial charge in [-0.05, 0) is 30.3 Å². The van der Waals surface area contributed by atoms with E-state index in [0.717, 1.165) is 10.9 Å². The van der Waals surface area contributed by atoms with Crippen LogP contribution in [0.2, 0.25) is 5.02 Å². The van der Waals surface area contributed by atoms with Crippen LogP contribution < -0.4 is 16.7 Å². The summed E-state index contributed by atoms with van der Waals surface area (Å²) in [5, 5.41) is 4.35. The van der Waals surface area contributed by atoms with Crippen LogP contribution in [-0.4, -0.2) is 9.97 Å². The maximum Gasteiger partial charge on any atom is 0.347 e. The number of nitrogens with one attached hydrogen (secondary N) is 2. The standard InChI is InChI=1S/C14H11ClN4O/c15-10-7-8(5-6-11(10)16)17-13-9-3-1-2-4-12(9)18-14(20)19-13/h1-7H,16H2,(H2,17,18,19,20). The van der Waals surface area contributed by atoms with Crippen LogP contribution in [0.5, 0.6) is 0 Å². The Morgan fingerprint density at radius 2 is 2.00 bits per heavy atom. The Morgan fingerprint density at radius 1 is 1.20 bits per heavy atom. The second-order valence-corrected chi connectivity index (χ2v) is 4.70. The van der Waals surface area contributed by atoms with Crippen molar-refractivity contribution in [3.05, 3.63) is 58.0 Å². The van der Waals surface area contributed by atoms with Gasteiger partial charge in [-0.1, -0.05) is 23.7 Å². The first kappa shape index (κ1) is 12.5. The summed E-state index contributed by atoms with van der Waals surface area (Å²) in [7, 11) is 0. The molecule has 0 spiro atoms. The number of nitrogens with two attached hydrogens (primary N) is 1. The summed E-state index contributed by atoms with van der Waals surface area (Å²) in [5.41, 5.74) is 7.19. The maximum absolute atomic E-state index is 11.6. The van der Waals surface area contributed by atoms with Gasteiger partial charge in [0.05, 0.1) is 16.2 Å². The third-order valence-electron chi connectivity index (χ3n) is 2.90. The van der Waals surface area contributed by atoms with Crippen LogP contribution >= 0.6 is 11.6 Å². The molecule has 0 aliphatic rings. The monoisotopic (exact) mass is 286 g/mol. The van der Waals surface area contributed by atoms with E-state index in [2.05, 4.69) is 15.3 Å². The second kappa shape index (κ2) is 4.86. The number of nitrogen functional groups attached to an aromatic ring is 1. The third kappa shape index (κ3) is 2.31. The summed E-state index contributed by atoms with van der Waals surface area (Å²) in [6, 6.07) is 12.6. The van der Waals surface area contributed by atoms with Crippen LogP contribution in [0.3, 0.4) is 0 Å². The molecular formula is C14H11ClN4O. The Hall–Kier alpha value is -2.53. The van der Waals surface area contributed by atoms with Gasteiger partial charge in [0.2, 0.25) is 0 Å². The first-order chi connectivity index (χ1) is 9.63. The Balaban J connectivity index is 2.10. The van der Waals surface area contributed by atoms with Gasteiger partial charge in [0.15, 0.2) is 0 Å². The number of benzene rings is 2. The smallest absolute Gasteiger partial charge is 0.347 e. The molecule has 0 radical (unpaired) electrons. The highest BCUT2D eigenvalue weighted by Crippen LogP contribution is 2.26. The minimum Gasteiger partial charge on any atom is -0.398 e. The topological polar surface area (TPSA) is 83.8 Å². The molecule has 6 heteroatoms. The molecule has 0 aliphatic heterocycles. The summed E-state index contributed by atoms with van der Waals surface area (Å²) < 4.78 is 0. The van der Waals surface area contributed by atoms with Crippen LogP contribution in [0.4, 0.5) is 17.2 Å². The maximum atomic E-state index is 11.6. The number of hydrogen-bond acceptors (Lipinski definition) is 4. The molecule has 0 bridgehead atoms. The number of fused-ring (bicyclic) bond motifs is 1. The molecule has 0 saturated heterocycles. The highest BCUT2D eigenvalue weighted by Gasteiger charge is 2.06. The molecule has 100 valence electrons. The molecule has 0 aliphatic carbocycles. The summed E-state index contributed by atoms with van der Waals surface area (Å²) in [6.45, 7) is 0. The van der Waals surface area contributed by atoms with E-state index in [1.165, 1.54) is 0 Å². The van der Waals surface area contributed by atoms with Gasteiger partial charge in [-0.25, -0.2) is 4.79 Å². The largest absolute Gasteiger partial charge is 0.398 e. The van der Waals surface area contributed by atoms with E-state index in [4.69, 9.17) is 17.3 Å². The molecule has 5 nitrogen and oxygen atoms in total. The molecule has 3 aromatic rings. The lowest BCUT2D eigenvalue weighted by Gasteiger charge is -2.09. The molecule has 4 N–H and O–H groups in total. The lowest BCUT2D eigenvalue weighted by molar-refractivity contribution is 1.12. The van der Waals surface area contributed by atoms with Crippen molar-refractivity contribution >= 4 is 39.7 Å². The molecule has 20 heavy (non-hydrogen) atoms. The van der Waals surface area contributed by atoms with Crippen molar-refractivity contribution in [3.63, 3.8) is 0 Å². The number of hydrogen-bond donors (Lipinski definition) is 3. The van der Waals surface area contributed by atoms with E-state index in [-0.39, 0.29) is 0 Å². The SMILES string of the molecule is Nc1ccc(Nc2nc(=O)[nH]c3ccccc23)cc1Cl. The fraction of sp³-hybridized carbons (Fsp3) is 0. The summed E-state index contributed by atoms with van der Waals surface area (Å²) in [6.07, 6.45) is 0. The average Bonchev–Trinajstić information content (AvgIpc) is 2.43. The summed E-state index contributed by atoms with van der Waals surface area (Å²) in [4.78, 5) is 18.2. The van der Waals surface area contributed by atoms with Gasteiger partial charge in [-0.3, -0.25) is 0 Å². The fourth-order valence-corrected chi connectivity index (χ4v) is 2.12. The Labute approximate surface area is 119 Å². The number of aromatic amines is 1. The van der Waals surface area contributed by atoms with E-state index in [1.54, 1.807) is 18.2 Å². The molecule has 1 aromatic heterocycles. The minimum absolute atomic E-state index is 0.409. The zero-order valence-corrected chi connectivity index (χ0v) is 11.1. The van der Waals surface area contributed by atoms with Crippen molar-refractivity contribution in [2.75, 3.05) is 11.1 Å². The van der Waals surface area contributed by atoms with Crippen LogP contribution in [0.1, 0.15) is 0 Å². The molecule has 0 saturated carbocycles. The first-order valence-electron chi connectivity index (χ1n) is 5.94. The average molecular weight is 287 g/mol. The number of anilines is 3. The number of nitrogens with zero attached hydrogens (tertiary/aromatic N) is 1. The van der Waals surface area contributed by atoms with Gasteiger partial charge in [-0.2, -0.15) is 4.98 Å². The summed E-state index contributed by atoms with van der Waals surface area (Å²) >= 11 is 5.98. The zero-order chi connectivity index (χ0) is 14.1. The number of H-pyrrole nitrogens is 1. The minimum atomic E-state index is -0.409. The first-order valence-corrected chi connectivity index (χ1v) is 6.32. The Kier molecular flexibility index (Phi) is 3.04. The highest BCUT2D eigenvalue weighted by molar-refractivity contribution is 6.33. The van der Waals surface area contributed by atoms with Crippen molar-refractivity contribution in [1.29, 1.82) is 0 Å². The summed E-state index contributed by atoms with van der Waals surface area (Å²) in [5.74, 6) is 0.477. The van der Waals surface area contributed by atoms with Gasteiger partial charge in [0.25, 0.3) is 0 Å². The van der Waals surface area contributed by atoms with Gasteiger partial charge < -0.3 is 16.0 Å². The van der Waals surface area contributed by atoms with Crippen LogP contribution in [0, 0.1) is 0 Å². The highest BCUT2D eigenvalue weighted by atomic mass is 35.5. The van der Waals surface area contributed by atoms with Crippen molar-refractivity contribution < 1.29 is 0 Å². The predicted molar refractivity (Wildman–Crippen MR) is 81.5 cm³/mol. The Bertz CT molecular complexity index is 844. The van der Waals surface area contributed by atoms with E-state index in [0.29, 0.717) is 22.2 Å². The Morgan fingerprint density at radius 3 is 2.80 bits per heavy atom. The third-order valence-corrected chi connectivity index (χ3v) is 3.23. The zero-order valence-electron chi connectivity index (χ0n) is 10.4. The van der Waals surface area contributed by atoms with Crippen LogP contribution in [0.25, 0.3) is 10.9 Å². The van der Waals surface area contributed by atoms with Gasteiger partial charge in [-0.15, -0.1) is 0 Å². The van der Waals surface area contributed by atoms with Gasteiger partial charge in [0.1, 0.15) is 5.82 Å². The molecular weight excluding hydrogens is 276 g/mol. The molecule has 2 aromatic carbocycles. The predicted octanol–water partition coefficient (Wildman–Crippen LogP) is 2.90. The van der Waals surface area contributed by atoms with Crippen molar-refractivity contribution in [1.82, 2.24) is 9.97 Å². The number of aromatic nitrogens is 2. The van der Waals surface area contributed by atoms with Crippen LogP contribution in [-0.2, 0) is 0 Å². The molecule has 1 heterocycles. The molecule has 0 fully saturated rings. The molecule has 0 unspecified atom stereocenters. The van der Waals surface area contributed by atoms with E-state index in [9.17, 15) is 4.79 Å². The second-order valence-electron chi connectivity index (χ2n) is 4.30.